The van der Waals surface area contributed by atoms with Gasteiger partial charge in [0, 0.05) is 26.6 Å². The van der Waals surface area contributed by atoms with Gasteiger partial charge in [-0.25, -0.2) is 4.98 Å². The number of nitrogens with zero attached hydrogens (tertiary/aromatic N) is 1. The average Bonchev–Trinajstić information content (AvgIpc) is 3.19. The van der Waals surface area contributed by atoms with E-state index in [4.69, 9.17) is 0 Å². The number of thioether (sulfide) groups is 1. The van der Waals surface area contributed by atoms with Crippen molar-refractivity contribution in [3.05, 3.63) is 94.9 Å². The molecule has 1 unspecified atom stereocenters. The summed E-state index contributed by atoms with van der Waals surface area (Å²) in [6.45, 7) is 5.82. The lowest BCUT2D eigenvalue weighted by Crippen LogP contribution is -2.22. The Morgan fingerprint density at radius 3 is 2.44 bits per heavy atom. The molecule has 172 valence electrons. The summed E-state index contributed by atoms with van der Waals surface area (Å²) in [4.78, 5) is 31.9. The normalized spacial score (nSPS) is 11.6. The molecule has 0 aliphatic heterocycles. The highest BCUT2D eigenvalue weighted by molar-refractivity contribution is 8.00. The van der Waals surface area contributed by atoms with Gasteiger partial charge in [0.05, 0.1) is 10.9 Å². The standard InChI is InChI=1S/C27H25N3O2S2/c1-17-9-7-12-21(15-17)26(32)28-22-13-8-14-23(16-22)33-19(3)25(31)30-27-29-24(18(2)34-27)20-10-5-4-6-11-20/h4-16,19H,1-3H3,(H,28,32)(H,29,30,31). The fourth-order valence-electron chi connectivity index (χ4n) is 3.42. The van der Waals surface area contributed by atoms with Crippen LogP contribution in [0.25, 0.3) is 11.3 Å². The molecule has 0 aliphatic carbocycles. The van der Waals surface area contributed by atoms with Crippen LogP contribution in [0.2, 0.25) is 0 Å². The first kappa shape index (κ1) is 23.7. The summed E-state index contributed by atoms with van der Waals surface area (Å²) in [6, 6.07) is 24.9. The number of benzene rings is 3. The van der Waals surface area contributed by atoms with Gasteiger partial charge in [0.15, 0.2) is 5.13 Å². The largest absolute Gasteiger partial charge is 0.322 e. The third-order valence-electron chi connectivity index (χ3n) is 5.13. The number of aryl methyl sites for hydroxylation is 2. The highest BCUT2D eigenvalue weighted by Crippen LogP contribution is 2.31. The van der Waals surface area contributed by atoms with Crippen molar-refractivity contribution in [3.63, 3.8) is 0 Å². The fraction of sp³-hybridized carbons (Fsp3) is 0.148. The predicted molar refractivity (Wildman–Crippen MR) is 142 cm³/mol. The molecule has 0 aliphatic rings. The number of aromatic nitrogens is 1. The number of anilines is 2. The minimum absolute atomic E-state index is 0.118. The van der Waals surface area contributed by atoms with Crippen LogP contribution in [0.15, 0.2) is 83.8 Å². The van der Waals surface area contributed by atoms with Crippen LogP contribution >= 0.6 is 23.1 Å². The van der Waals surface area contributed by atoms with Crippen molar-refractivity contribution in [3.8, 4) is 11.3 Å². The molecule has 4 aromatic rings. The van der Waals surface area contributed by atoms with Crippen LogP contribution in [0, 0.1) is 13.8 Å². The molecule has 2 N–H and O–H groups in total. The molecule has 4 rings (SSSR count). The van der Waals surface area contributed by atoms with Gasteiger partial charge in [-0.3, -0.25) is 9.59 Å². The first-order chi connectivity index (χ1) is 16.4. The zero-order chi connectivity index (χ0) is 24.1. The van der Waals surface area contributed by atoms with Gasteiger partial charge in [-0.15, -0.1) is 23.1 Å². The van der Waals surface area contributed by atoms with Crippen LogP contribution in [-0.4, -0.2) is 22.0 Å². The quantitative estimate of drug-likeness (QED) is 0.281. The van der Waals surface area contributed by atoms with Gasteiger partial charge >= 0.3 is 0 Å². The molecule has 0 saturated heterocycles. The number of nitrogens with one attached hydrogen (secondary N) is 2. The van der Waals surface area contributed by atoms with E-state index < -0.39 is 0 Å². The Hall–Kier alpha value is -3.42. The number of thiazole rings is 1. The van der Waals surface area contributed by atoms with Crippen LogP contribution < -0.4 is 10.6 Å². The van der Waals surface area contributed by atoms with Gasteiger partial charge in [0.1, 0.15) is 0 Å². The van der Waals surface area contributed by atoms with Crippen molar-refractivity contribution in [2.45, 2.75) is 30.9 Å². The van der Waals surface area contributed by atoms with Crippen LogP contribution in [-0.2, 0) is 4.79 Å². The number of rotatable bonds is 7. The van der Waals surface area contributed by atoms with Crippen molar-refractivity contribution in [1.29, 1.82) is 0 Å². The van der Waals surface area contributed by atoms with Gasteiger partial charge in [-0.1, -0.05) is 54.1 Å². The van der Waals surface area contributed by atoms with Gasteiger partial charge in [0.2, 0.25) is 5.91 Å². The highest BCUT2D eigenvalue weighted by Gasteiger charge is 2.18. The number of carbonyl (C=O) groups excluding carboxylic acids is 2. The minimum Gasteiger partial charge on any atom is -0.322 e. The van der Waals surface area contributed by atoms with Crippen molar-refractivity contribution in [2.24, 2.45) is 0 Å². The van der Waals surface area contributed by atoms with E-state index in [2.05, 4.69) is 15.6 Å². The van der Waals surface area contributed by atoms with Crippen LogP contribution in [0.4, 0.5) is 10.8 Å². The second-order valence-electron chi connectivity index (χ2n) is 7.89. The zero-order valence-corrected chi connectivity index (χ0v) is 20.8. The second-order valence-corrected chi connectivity index (χ2v) is 10.5. The summed E-state index contributed by atoms with van der Waals surface area (Å²) >= 11 is 2.90. The molecule has 1 heterocycles. The van der Waals surface area contributed by atoms with E-state index in [1.807, 2.05) is 93.6 Å². The van der Waals surface area contributed by atoms with Crippen LogP contribution in [0.3, 0.4) is 0 Å². The van der Waals surface area contributed by atoms with Gasteiger partial charge in [-0.05, 0) is 51.1 Å². The molecule has 5 nitrogen and oxygen atoms in total. The molecule has 0 fully saturated rings. The van der Waals surface area contributed by atoms with E-state index in [1.165, 1.54) is 23.1 Å². The molecule has 0 saturated carbocycles. The number of carbonyl (C=O) groups is 2. The molecule has 0 radical (unpaired) electrons. The molecule has 0 spiro atoms. The summed E-state index contributed by atoms with van der Waals surface area (Å²) in [7, 11) is 0. The Balaban J connectivity index is 1.39. The Morgan fingerprint density at radius 1 is 0.912 bits per heavy atom. The van der Waals surface area contributed by atoms with E-state index in [-0.39, 0.29) is 17.1 Å². The smallest absolute Gasteiger partial charge is 0.255 e. The summed E-state index contributed by atoms with van der Waals surface area (Å²) < 4.78 is 0. The second kappa shape index (κ2) is 10.7. The summed E-state index contributed by atoms with van der Waals surface area (Å²) in [5.41, 5.74) is 4.25. The molecular formula is C27H25N3O2S2. The first-order valence-electron chi connectivity index (χ1n) is 10.9. The van der Waals surface area contributed by atoms with Gasteiger partial charge in [-0.2, -0.15) is 0 Å². The third-order valence-corrected chi connectivity index (χ3v) is 7.11. The lowest BCUT2D eigenvalue weighted by Gasteiger charge is -2.12. The fourth-order valence-corrected chi connectivity index (χ4v) is 5.18. The molecule has 34 heavy (non-hydrogen) atoms. The monoisotopic (exact) mass is 487 g/mol. The maximum atomic E-state index is 12.8. The Labute approximate surface area is 207 Å². The first-order valence-corrected chi connectivity index (χ1v) is 12.6. The van der Waals surface area contributed by atoms with Crippen LogP contribution in [0.1, 0.15) is 27.7 Å². The summed E-state index contributed by atoms with van der Waals surface area (Å²) in [5, 5.41) is 6.13. The van der Waals surface area contributed by atoms with E-state index in [9.17, 15) is 9.59 Å². The molecule has 7 heteroatoms. The molecule has 1 aromatic heterocycles. The molecule has 1 atom stereocenters. The van der Waals surface area contributed by atoms with E-state index in [0.717, 1.165) is 26.6 Å². The van der Waals surface area contributed by atoms with Crippen molar-refractivity contribution in [2.75, 3.05) is 10.6 Å². The van der Waals surface area contributed by atoms with Gasteiger partial charge < -0.3 is 10.6 Å². The van der Waals surface area contributed by atoms with E-state index in [1.54, 1.807) is 6.07 Å². The van der Waals surface area contributed by atoms with Crippen LogP contribution in [0.5, 0.6) is 0 Å². The zero-order valence-electron chi connectivity index (χ0n) is 19.2. The Kier molecular flexibility index (Phi) is 7.45. The molecule has 3 aromatic carbocycles. The Bertz CT molecular complexity index is 1320. The third kappa shape index (κ3) is 5.92. The number of hydrogen-bond donors (Lipinski definition) is 2. The number of hydrogen-bond acceptors (Lipinski definition) is 5. The SMILES string of the molecule is Cc1cccc(C(=O)Nc2cccc(SC(C)C(=O)Nc3nc(-c4ccccc4)c(C)s3)c2)c1. The van der Waals surface area contributed by atoms with E-state index in [0.29, 0.717) is 16.4 Å². The molecule has 2 amide bonds. The highest BCUT2D eigenvalue weighted by atomic mass is 32.2. The van der Waals surface area contributed by atoms with E-state index >= 15 is 0 Å². The molecular weight excluding hydrogens is 462 g/mol. The topological polar surface area (TPSA) is 71.1 Å². The van der Waals surface area contributed by atoms with Crippen molar-refractivity contribution >= 4 is 45.7 Å². The summed E-state index contributed by atoms with van der Waals surface area (Å²) in [5.74, 6) is -0.280. The predicted octanol–water partition coefficient (Wildman–Crippen LogP) is 6.80. The lowest BCUT2D eigenvalue weighted by molar-refractivity contribution is -0.115. The minimum atomic E-state index is -0.341. The van der Waals surface area contributed by atoms with Crippen molar-refractivity contribution in [1.82, 2.24) is 4.98 Å². The lowest BCUT2D eigenvalue weighted by atomic mass is 10.1. The van der Waals surface area contributed by atoms with Gasteiger partial charge in [0.25, 0.3) is 5.91 Å². The average molecular weight is 488 g/mol. The number of amides is 2. The summed E-state index contributed by atoms with van der Waals surface area (Å²) in [6.07, 6.45) is 0. The maximum absolute atomic E-state index is 12.8. The molecule has 0 bridgehead atoms. The Morgan fingerprint density at radius 2 is 1.68 bits per heavy atom. The van der Waals surface area contributed by atoms with Crippen molar-refractivity contribution < 1.29 is 9.59 Å². The maximum Gasteiger partial charge on any atom is 0.255 e.